The van der Waals surface area contributed by atoms with Crippen LogP contribution < -0.4 is 5.32 Å². The van der Waals surface area contributed by atoms with E-state index in [1.807, 2.05) is 13.8 Å². The zero-order valence-electron chi connectivity index (χ0n) is 11.5. The van der Waals surface area contributed by atoms with Crippen molar-refractivity contribution in [1.82, 2.24) is 15.1 Å². The van der Waals surface area contributed by atoms with Crippen molar-refractivity contribution in [1.29, 1.82) is 0 Å². The lowest BCUT2D eigenvalue weighted by Gasteiger charge is -2.32. The van der Waals surface area contributed by atoms with Crippen molar-refractivity contribution < 1.29 is 4.74 Å². The van der Waals surface area contributed by atoms with E-state index in [0.717, 1.165) is 26.2 Å². The number of ether oxygens (including phenoxy) is 1. The molecule has 1 fully saturated rings. The zero-order valence-corrected chi connectivity index (χ0v) is 11.5. The van der Waals surface area contributed by atoms with Crippen molar-refractivity contribution in [3.05, 3.63) is 0 Å². The van der Waals surface area contributed by atoms with E-state index >= 15 is 0 Å². The Morgan fingerprint density at radius 2 is 1.69 bits per heavy atom. The van der Waals surface area contributed by atoms with E-state index in [0.29, 0.717) is 0 Å². The molecule has 0 spiro atoms. The molecule has 1 aliphatic heterocycles. The van der Waals surface area contributed by atoms with Crippen molar-refractivity contribution in [2.45, 2.75) is 13.8 Å². The summed E-state index contributed by atoms with van der Waals surface area (Å²) in [6.07, 6.45) is 0. The van der Waals surface area contributed by atoms with Crippen LogP contribution in [-0.2, 0) is 4.74 Å². The molecule has 4 heteroatoms. The van der Waals surface area contributed by atoms with Gasteiger partial charge < -0.3 is 15.0 Å². The van der Waals surface area contributed by atoms with Gasteiger partial charge >= 0.3 is 0 Å². The topological polar surface area (TPSA) is 27.7 Å². The molecule has 0 atom stereocenters. The van der Waals surface area contributed by atoms with Crippen molar-refractivity contribution >= 4 is 0 Å². The minimum atomic E-state index is 0.808. The van der Waals surface area contributed by atoms with E-state index in [9.17, 15) is 0 Å². The van der Waals surface area contributed by atoms with Crippen LogP contribution in [-0.4, -0.2) is 76.4 Å². The maximum atomic E-state index is 4.97. The fourth-order valence-electron chi connectivity index (χ4n) is 1.61. The first kappa shape index (κ1) is 15.8. The first-order valence-corrected chi connectivity index (χ1v) is 6.43. The van der Waals surface area contributed by atoms with E-state index in [1.165, 1.54) is 26.2 Å². The van der Waals surface area contributed by atoms with Crippen LogP contribution in [0.3, 0.4) is 0 Å². The van der Waals surface area contributed by atoms with Crippen molar-refractivity contribution in [2.75, 3.05) is 66.6 Å². The highest BCUT2D eigenvalue weighted by Gasteiger charge is 2.12. The molecule has 0 radical (unpaired) electrons. The first-order valence-electron chi connectivity index (χ1n) is 6.43. The van der Waals surface area contributed by atoms with Gasteiger partial charge in [-0.05, 0) is 7.05 Å². The molecule has 0 saturated carbocycles. The summed E-state index contributed by atoms with van der Waals surface area (Å²) < 4.78 is 4.97. The second-order valence-electron chi connectivity index (χ2n) is 3.89. The molecule has 1 N–H and O–H groups in total. The van der Waals surface area contributed by atoms with Gasteiger partial charge in [0.15, 0.2) is 0 Å². The summed E-state index contributed by atoms with van der Waals surface area (Å²) >= 11 is 0. The molecule has 16 heavy (non-hydrogen) atoms. The van der Waals surface area contributed by atoms with Gasteiger partial charge in [0.05, 0.1) is 6.61 Å². The monoisotopic (exact) mass is 231 g/mol. The van der Waals surface area contributed by atoms with Gasteiger partial charge in [0, 0.05) is 52.9 Å². The normalized spacial score (nSPS) is 18.0. The van der Waals surface area contributed by atoms with Gasteiger partial charge in [0.2, 0.25) is 0 Å². The number of nitrogens with zero attached hydrogens (tertiary/aromatic N) is 2. The van der Waals surface area contributed by atoms with Crippen LogP contribution in [0.4, 0.5) is 0 Å². The highest BCUT2D eigenvalue weighted by atomic mass is 16.5. The molecule has 0 aromatic carbocycles. The van der Waals surface area contributed by atoms with E-state index in [2.05, 4.69) is 22.2 Å². The second kappa shape index (κ2) is 11.3. The third kappa shape index (κ3) is 8.05. The maximum Gasteiger partial charge on any atom is 0.0587 e. The zero-order chi connectivity index (χ0) is 12.2. The van der Waals surface area contributed by atoms with Crippen LogP contribution in [0.1, 0.15) is 13.8 Å². The van der Waals surface area contributed by atoms with E-state index in [4.69, 9.17) is 4.74 Å². The molecule has 4 nitrogen and oxygen atoms in total. The van der Waals surface area contributed by atoms with Crippen LogP contribution in [0.5, 0.6) is 0 Å². The Morgan fingerprint density at radius 3 is 2.25 bits per heavy atom. The number of piperazine rings is 1. The minimum Gasteiger partial charge on any atom is -0.383 e. The molecular weight excluding hydrogens is 202 g/mol. The van der Waals surface area contributed by atoms with Crippen LogP contribution >= 0.6 is 0 Å². The average Bonchev–Trinajstić information content (AvgIpc) is 2.34. The molecule has 0 aliphatic carbocycles. The predicted molar refractivity (Wildman–Crippen MR) is 70.0 cm³/mol. The fourth-order valence-corrected chi connectivity index (χ4v) is 1.61. The quantitative estimate of drug-likeness (QED) is 0.674. The molecule has 0 unspecified atom stereocenters. The van der Waals surface area contributed by atoms with E-state index < -0.39 is 0 Å². The molecule has 98 valence electrons. The lowest BCUT2D eigenvalue weighted by atomic mass is 10.3. The SMILES string of the molecule is CC.COCCNCCN1CCN(C)CC1. The van der Waals surface area contributed by atoms with Gasteiger partial charge in [-0.25, -0.2) is 0 Å². The van der Waals surface area contributed by atoms with Crippen LogP contribution in [0.2, 0.25) is 0 Å². The molecule has 0 amide bonds. The summed E-state index contributed by atoms with van der Waals surface area (Å²) in [5.74, 6) is 0. The Bertz CT molecular complexity index is 136. The smallest absolute Gasteiger partial charge is 0.0587 e. The van der Waals surface area contributed by atoms with Crippen molar-refractivity contribution in [3.63, 3.8) is 0 Å². The summed E-state index contributed by atoms with van der Waals surface area (Å²) in [5, 5.41) is 3.36. The van der Waals surface area contributed by atoms with Gasteiger partial charge in [0.1, 0.15) is 0 Å². The van der Waals surface area contributed by atoms with Gasteiger partial charge in [0.25, 0.3) is 0 Å². The van der Waals surface area contributed by atoms with Gasteiger partial charge in [-0.15, -0.1) is 0 Å². The number of hydrogen-bond donors (Lipinski definition) is 1. The number of methoxy groups -OCH3 is 1. The van der Waals surface area contributed by atoms with Crippen LogP contribution in [0.25, 0.3) is 0 Å². The lowest BCUT2D eigenvalue weighted by molar-refractivity contribution is 0.152. The largest absolute Gasteiger partial charge is 0.383 e. The standard InChI is InChI=1S/C10H23N3O.C2H6/c1-12-6-8-13(9-7-12)5-3-11-4-10-14-2;1-2/h11H,3-10H2,1-2H3;1-2H3. The second-order valence-corrected chi connectivity index (χ2v) is 3.89. The number of likely N-dealkylation sites (N-methyl/N-ethyl adjacent to an activating group) is 1. The molecule has 1 heterocycles. The highest BCUT2D eigenvalue weighted by Crippen LogP contribution is 1.97. The molecule has 1 aliphatic rings. The summed E-state index contributed by atoms with van der Waals surface area (Å²) in [7, 11) is 3.93. The minimum absolute atomic E-state index is 0.808. The average molecular weight is 231 g/mol. The van der Waals surface area contributed by atoms with E-state index in [1.54, 1.807) is 7.11 Å². The van der Waals surface area contributed by atoms with Gasteiger partial charge in [-0.1, -0.05) is 13.8 Å². The Hall–Kier alpha value is -0.160. The summed E-state index contributed by atoms with van der Waals surface area (Å²) in [5.41, 5.74) is 0. The summed E-state index contributed by atoms with van der Waals surface area (Å²) in [6, 6.07) is 0. The molecule has 1 saturated heterocycles. The molecular formula is C12H29N3O. The van der Waals surface area contributed by atoms with Gasteiger partial charge in [-0.2, -0.15) is 0 Å². The Kier molecular flexibility index (Phi) is 11.2. The molecule has 0 bridgehead atoms. The number of hydrogen-bond acceptors (Lipinski definition) is 4. The molecule has 0 aromatic heterocycles. The van der Waals surface area contributed by atoms with Gasteiger partial charge in [-0.3, -0.25) is 4.90 Å². The maximum absolute atomic E-state index is 4.97. The number of nitrogens with one attached hydrogen (secondary N) is 1. The van der Waals surface area contributed by atoms with Crippen LogP contribution in [0, 0.1) is 0 Å². The summed E-state index contributed by atoms with van der Waals surface area (Å²) in [6.45, 7) is 12.8. The fraction of sp³-hybridized carbons (Fsp3) is 1.00. The van der Waals surface area contributed by atoms with Crippen molar-refractivity contribution in [3.8, 4) is 0 Å². The van der Waals surface area contributed by atoms with E-state index in [-0.39, 0.29) is 0 Å². The Morgan fingerprint density at radius 1 is 1.06 bits per heavy atom. The third-order valence-corrected chi connectivity index (χ3v) is 2.68. The Balaban J connectivity index is 0.00000106. The summed E-state index contributed by atoms with van der Waals surface area (Å²) in [4.78, 5) is 4.90. The third-order valence-electron chi connectivity index (χ3n) is 2.68. The molecule has 0 aromatic rings. The Labute approximate surface area is 101 Å². The predicted octanol–water partition coefficient (Wildman–Crippen LogP) is 0.496. The lowest BCUT2D eigenvalue weighted by Crippen LogP contribution is -2.46. The highest BCUT2D eigenvalue weighted by molar-refractivity contribution is 4.69. The van der Waals surface area contributed by atoms with Crippen molar-refractivity contribution in [2.24, 2.45) is 0 Å². The number of rotatable bonds is 6. The van der Waals surface area contributed by atoms with Crippen LogP contribution in [0.15, 0.2) is 0 Å². The molecule has 1 rings (SSSR count). The first-order chi connectivity index (χ1) is 7.83.